The molecule has 2 heterocycles. The maximum absolute atomic E-state index is 12.7. The first-order valence-corrected chi connectivity index (χ1v) is 12.9. The number of nitrogens with one attached hydrogen (secondary N) is 2. The van der Waals surface area contributed by atoms with Crippen molar-refractivity contribution >= 4 is 39.1 Å². The number of hydrogen-bond acceptors (Lipinski definition) is 4. The van der Waals surface area contributed by atoms with Gasteiger partial charge in [0.25, 0.3) is 11.8 Å². The summed E-state index contributed by atoms with van der Waals surface area (Å²) in [6.07, 6.45) is 5.90. The normalized spacial score (nSPS) is 11.4. The van der Waals surface area contributed by atoms with E-state index >= 15 is 0 Å². The summed E-state index contributed by atoms with van der Waals surface area (Å²) in [7, 11) is 7.17. The number of amides is 2. The average Bonchev–Trinajstić information content (AvgIpc) is 3.28. The lowest BCUT2D eigenvalue weighted by Crippen LogP contribution is -2.36. The summed E-state index contributed by atoms with van der Waals surface area (Å²) in [6.45, 7) is 6.78. The molecule has 170 valence electrons. The van der Waals surface area contributed by atoms with Crippen LogP contribution in [0.2, 0.25) is 0 Å². The van der Waals surface area contributed by atoms with Gasteiger partial charge < -0.3 is 19.8 Å². The van der Waals surface area contributed by atoms with Crippen LogP contribution in [0.15, 0.2) is 48.8 Å². The van der Waals surface area contributed by atoms with Crippen molar-refractivity contribution in [2.75, 3.05) is 18.1 Å². The Morgan fingerprint density at radius 1 is 0.938 bits per heavy atom. The van der Waals surface area contributed by atoms with Crippen LogP contribution in [0.25, 0.3) is 11.1 Å². The molecule has 0 unspecified atom stereocenters. The quantitative estimate of drug-likeness (QED) is 0.449. The van der Waals surface area contributed by atoms with Crippen molar-refractivity contribution in [1.29, 1.82) is 0 Å². The van der Waals surface area contributed by atoms with Crippen LogP contribution in [0.3, 0.4) is 0 Å². The van der Waals surface area contributed by atoms with Crippen LogP contribution in [-0.2, 0) is 14.1 Å². The first-order valence-electron chi connectivity index (χ1n) is 10.3. The van der Waals surface area contributed by atoms with Gasteiger partial charge in [-0.2, -0.15) is 0 Å². The van der Waals surface area contributed by atoms with Crippen molar-refractivity contribution < 1.29 is 9.59 Å². The van der Waals surface area contributed by atoms with E-state index in [0.717, 1.165) is 22.4 Å². The van der Waals surface area contributed by atoms with Gasteiger partial charge in [-0.1, -0.05) is 33.7 Å². The fourth-order valence-electron chi connectivity index (χ4n) is 3.48. The number of nitrogens with zero attached hydrogens (tertiary/aromatic N) is 2. The summed E-state index contributed by atoms with van der Waals surface area (Å²) >= 11 is 0. The Morgan fingerprint density at radius 3 is 2.16 bits per heavy atom. The summed E-state index contributed by atoms with van der Waals surface area (Å²) in [4.78, 5) is 25.2. The molecule has 0 aliphatic heterocycles. The molecule has 0 aliphatic carbocycles. The second-order valence-corrected chi connectivity index (χ2v) is 11.6. The van der Waals surface area contributed by atoms with Gasteiger partial charge in [-0.25, -0.2) is 0 Å². The van der Waals surface area contributed by atoms with E-state index in [0.29, 0.717) is 17.9 Å². The highest BCUT2D eigenvalue weighted by atomic mass is 33.1. The maximum Gasteiger partial charge on any atom is 0.272 e. The zero-order valence-electron chi connectivity index (χ0n) is 19.4. The van der Waals surface area contributed by atoms with Gasteiger partial charge in [0.1, 0.15) is 11.4 Å². The Bertz CT molecular complexity index is 1110. The third kappa shape index (κ3) is 5.81. The smallest absolute Gasteiger partial charge is 0.272 e. The highest BCUT2D eigenvalue weighted by Gasteiger charge is 2.21. The van der Waals surface area contributed by atoms with Crippen molar-refractivity contribution in [3.8, 4) is 11.1 Å². The van der Waals surface area contributed by atoms with Gasteiger partial charge in [0.15, 0.2) is 0 Å². The molecule has 0 aliphatic rings. The highest BCUT2D eigenvalue weighted by molar-refractivity contribution is 8.76. The number of aryl methyl sites for hydroxylation is 3. The molecular weight excluding hydrogens is 440 g/mol. The number of anilines is 1. The van der Waals surface area contributed by atoms with E-state index in [9.17, 15) is 9.59 Å². The number of hydrogen-bond donors (Lipinski definition) is 2. The Kier molecular flexibility index (Phi) is 7.46. The zero-order valence-corrected chi connectivity index (χ0v) is 21.0. The van der Waals surface area contributed by atoms with E-state index in [1.54, 1.807) is 21.6 Å². The largest absolute Gasteiger partial charge is 0.349 e. The monoisotopic (exact) mass is 470 g/mol. The van der Waals surface area contributed by atoms with Crippen LogP contribution < -0.4 is 10.6 Å². The molecule has 0 saturated heterocycles. The molecule has 8 heteroatoms. The summed E-state index contributed by atoms with van der Waals surface area (Å²) in [5.41, 5.74) is 4.92. The van der Waals surface area contributed by atoms with Crippen molar-refractivity contribution in [3.63, 3.8) is 0 Å². The molecule has 0 fully saturated rings. The number of benzene rings is 1. The molecule has 2 N–H and O–H groups in total. The van der Waals surface area contributed by atoms with Crippen molar-refractivity contribution in [3.05, 3.63) is 65.7 Å². The summed E-state index contributed by atoms with van der Waals surface area (Å²) in [6, 6.07) is 11.4. The van der Waals surface area contributed by atoms with E-state index in [-0.39, 0.29) is 16.6 Å². The van der Waals surface area contributed by atoms with Gasteiger partial charge in [-0.3, -0.25) is 9.59 Å². The standard InChI is InChI=1S/C24H30N4O2S2/c1-16-11-20(27(4)13-16)23(30)26-19-9-7-17(8-10-19)18-12-21(28(5)14-18)22(29)25-15-24(2,3)32-31-6/h7-14H,15H2,1-6H3,(H,25,29)(H,26,30). The third-order valence-corrected chi connectivity index (χ3v) is 7.69. The maximum atomic E-state index is 12.7. The van der Waals surface area contributed by atoms with Crippen LogP contribution in [-0.4, -0.2) is 38.5 Å². The Hall–Kier alpha value is -2.58. The summed E-state index contributed by atoms with van der Waals surface area (Å²) in [5, 5.41) is 5.97. The van der Waals surface area contributed by atoms with E-state index in [1.165, 1.54) is 0 Å². The Labute approximate surface area is 197 Å². The van der Waals surface area contributed by atoms with Crippen LogP contribution >= 0.6 is 21.6 Å². The molecule has 3 aromatic rings. The zero-order chi connectivity index (χ0) is 23.5. The van der Waals surface area contributed by atoms with Crippen molar-refractivity contribution in [1.82, 2.24) is 14.5 Å². The second kappa shape index (κ2) is 9.92. The number of carbonyl (C=O) groups excluding carboxylic acids is 2. The average molecular weight is 471 g/mol. The van der Waals surface area contributed by atoms with Crippen LogP contribution in [0.5, 0.6) is 0 Å². The van der Waals surface area contributed by atoms with Crippen molar-refractivity contribution in [2.45, 2.75) is 25.5 Å². The van der Waals surface area contributed by atoms with Gasteiger partial charge >= 0.3 is 0 Å². The van der Waals surface area contributed by atoms with E-state index < -0.39 is 0 Å². The molecule has 2 amide bonds. The SMILES string of the molecule is CSSC(C)(C)CNC(=O)c1cc(-c2ccc(NC(=O)c3cc(C)cn3C)cc2)cn1C. The van der Waals surface area contributed by atoms with Crippen LogP contribution in [0.4, 0.5) is 5.69 Å². The molecule has 0 radical (unpaired) electrons. The molecule has 0 atom stereocenters. The van der Waals surface area contributed by atoms with Gasteiger partial charge in [-0.15, -0.1) is 0 Å². The molecule has 3 rings (SSSR count). The lowest BCUT2D eigenvalue weighted by molar-refractivity contribution is 0.0942. The van der Waals surface area contributed by atoms with Crippen LogP contribution in [0.1, 0.15) is 40.4 Å². The van der Waals surface area contributed by atoms with E-state index in [1.807, 2.05) is 85.2 Å². The molecule has 32 heavy (non-hydrogen) atoms. The summed E-state index contributed by atoms with van der Waals surface area (Å²) in [5.74, 6) is -0.232. The molecule has 0 saturated carbocycles. The lowest BCUT2D eigenvalue weighted by Gasteiger charge is -2.22. The molecule has 0 bridgehead atoms. The minimum atomic E-state index is -0.144. The Morgan fingerprint density at radius 2 is 1.56 bits per heavy atom. The minimum Gasteiger partial charge on any atom is -0.349 e. The minimum absolute atomic E-state index is 0.0402. The van der Waals surface area contributed by atoms with Gasteiger partial charge in [0.2, 0.25) is 0 Å². The fraction of sp³-hybridized carbons (Fsp3) is 0.333. The highest BCUT2D eigenvalue weighted by Crippen LogP contribution is 2.33. The molecule has 6 nitrogen and oxygen atoms in total. The van der Waals surface area contributed by atoms with Crippen LogP contribution in [0, 0.1) is 6.92 Å². The predicted octanol–water partition coefficient (Wildman–Crippen LogP) is 5.11. The number of aromatic nitrogens is 2. The van der Waals surface area contributed by atoms with E-state index in [4.69, 9.17) is 0 Å². The van der Waals surface area contributed by atoms with Gasteiger partial charge in [-0.05, 0) is 62.4 Å². The molecule has 1 aromatic carbocycles. The fourth-order valence-corrected chi connectivity index (χ4v) is 5.60. The first kappa shape index (κ1) is 24.1. The van der Waals surface area contributed by atoms with E-state index in [2.05, 4.69) is 24.5 Å². The number of carbonyl (C=O) groups is 2. The van der Waals surface area contributed by atoms with Gasteiger partial charge in [0.05, 0.1) is 0 Å². The van der Waals surface area contributed by atoms with Gasteiger partial charge in [0, 0.05) is 49.0 Å². The molecular formula is C24H30N4O2S2. The molecule has 2 aromatic heterocycles. The number of rotatable bonds is 8. The second-order valence-electron chi connectivity index (χ2n) is 8.46. The topological polar surface area (TPSA) is 68.1 Å². The summed E-state index contributed by atoms with van der Waals surface area (Å²) < 4.78 is 3.62. The van der Waals surface area contributed by atoms with Crippen molar-refractivity contribution in [2.24, 2.45) is 14.1 Å². The first-order chi connectivity index (χ1) is 15.1. The predicted molar refractivity (Wildman–Crippen MR) is 136 cm³/mol. The third-order valence-electron chi connectivity index (χ3n) is 5.07. The lowest BCUT2D eigenvalue weighted by atomic mass is 10.1. The Balaban J connectivity index is 1.68. The molecule has 0 spiro atoms.